The van der Waals surface area contributed by atoms with Crippen LogP contribution in [0.25, 0.3) is 10.1 Å². The minimum Gasteiger partial charge on any atom is -0.299 e. The van der Waals surface area contributed by atoms with Gasteiger partial charge < -0.3 is 0 Å². The molecule has 1 aromatic heterocycles. The lowest BCUT2D eigenvalue weighted by molar-refractivity contribution is -0.132. The molecule has 0 radical (unpaired) electrons. The van der Waals surface area contributed by atoms with Gasteiger partial charge in [0.05, 0.1) is 23.6 Å². The van der Waals surface area contributed by atoms with Gasteiger partial charge in [-0.05, 0) is 42.1 Å². The van der Waals surface area contributed by atoms with Crippen LogP contribution in [0.3, 0.4) is 0 Å². The summed E-state index contributed by atoms with van der Waals surface area (Å²) < 4.78 is 29.1. The number of fused-ring (bicyclic) bond motifs is 2. The molecule has 10 heteroatoms. The fraction of sp³-hybridized carbons (Fsp3) is 0.182. The van der Waals surface area contributed by atoms with Crippen molar-refractivity contribution < 1.29 is 27.6 Å². The Morgan fingerprint density at radius 2 is 1.69 bits per heavy atom. The van der Waals surface area contributed by atoms with Crippen molar-refractivity contribution in [1.29, 1.82) is 0 Å². The number of anilines is 1. The maximum absolute atomic E-state index is 12.9. The summed E-state index contributed by atoms with van der Waals surface area (Å²) in [5.41, 5.74) is 0.259. The van der Waals surface area contributed by atoms with E-state index in [0.717, 1.165) is 26.3 Å². The Balaban J connectivity index is 1.43. The first-order valence-electron chi connectivity index (χ1n) is 9.82. The number of thiophene rings is 1. The van der Waals surface area contributed by atoms with Crippen LogP contribution >= 0.6 is 11.3 Å². The predicted octanol–water partition coefficient (Wildman–Crippen LogP) is 2.99. The molecule has 2 aliphatic rings. The first-order valence-corrected chi connectivity index (χ1v) is 12.1. The van der Waals surface area contributed by atoms with Gasteiger partial charge in [0.15, 0.2) is 5.78 Å². The highest BCUT2D eigenvalue weighted by molar-refractivity contribution is 7.94. The number of carbonyl (C=O) groups is 4. The van der Waals surface area contributed by atoms with Crippen molar-refractivity contribution in [2.24, 2.45) is 0 Å². The third kappa shape index (κ3) is 3.32. The molecule has 1 atom stereocenters. The molecule has 5 rings (SSSR count). The molecule has 2 amide bonds. The van der Waals surface area contributed by atoms with Crippen LogP contribution < -0.4 is 4.72 Å². The molecule has 1 fully saturated rings. The zero-order valence-corrected chi connectivity index (χ0v) is 18.2. The highest BCUT2D eigenvalue weighted by Crippen LogP contribution is 2.33. The van der Waals surface area contributed by atoms with E-state index >= 15 is 0 Å². The Kier molecular flexibility index (Phi) is 4.72. The molecule has 162 valence electrons. The maximum atomic E-state index is 12.9. The van der Waals surface area contributed by atoms with Gasteiger partial charge in [-0.25, -0.2) is 8.42 Å². The number of ketones is 2. The molecule has 1 saturated carbocycles. The van der Waals surface area contributed by atoms with Gasteiger partial charge in [-0.15, -0.1) is 11.3 Å². The van der Waals surface area contributed by atoms with Gasteiger partial charge in [0.25, 0.3) is 21.8 Å². The number of rotatable bonds is 4. The van der Waals surface area contributed by atoms with Crippen LogP contribution in [0, 0.1) is 0 Å². The molecule has 1 N–H and O–H groups in total. The van der Waals surface area contributed by atoms with Gasteiger partial charge in [-0.2, -0.15) is 0 Å². The molecule has 32 heavy (non-hydrogen) atoms. The van der Waals surface area contributed by atoms with E-state index in [2.05, 4.69) is 4.72 Å². The first-order chi connectivity index (χ1) is 15.2. The van der Waals surface area contributed by atoms with Gasteiger partial charge in [0.1, 0.15) is 9.99 Å². The van der Waals surface area contributed by atoms with Crippen LogP contribution in [0.1, 0.15) is 40.0 Å². The average molecular weight is 469 g/mol. The molecule has 3 aromatic rings. The predicted molar refractivity (Wildman–Crippen MR) is 117 cm³/mol. The van der Waals surface area contributed by atoms with Crippen LogP contribution in [0.15, 0.2) is 52.7 Å². The summed E-state index contributed by atoms with van der Waals surface area (Å²) in [6.07, 6.45) is -0.0587. The summed E-state index contributed by atoms with van der Waals surface area (Å²) in [6, 6.07) is 12.0. The monoisotopic (exact) mass is 468 g/mol. The molecule has 0 bridgehead atoms. The van der Waals surface area contributed by atoms with E-state index in [1.54, 1.807) is 6.07 Å². The lowest BCUT2D eigenvalue weighted by atomic mass is 9.92. The summed E-state index contributed by atoms with van der Waals surface area (Å²) in [5.74, 6) is -1.94. The molecule has 2 heterocycles. The van der Waals surface area contributed by atoms with Crippen LogP contribution in [-0.2, 0) is 19.6 Å². The number of nitrogens with one attached hydrogen (secondary N) is 1. The lowest BCUT2D eigenvalue weighted by Crippen LogP contribution is -2.47. The second-order valence-corrected chi connectivity index (χ2v) is 10.7. The molecule has 0 spiro atoms. The molecule has 8 nitrogen and oxygen atoms in total. The standard InChI is InChI=1S/C22H16N2O6S2/c25-14-6-8-17(18(26)11-14)24-21(27)15-7-5-13(10-16(15)22(24)28)23-32(29,30)20-9-12-3-1-2-4-19(12)31-20/h1-5,7,9-10,17,23H,6,8,11H2. The van der Waals surface area contributed by atoms with E-state index in [1.165, 1.54) is 18.2 Å². The van der Waals surface area contributed by atoms with Crippen molar-refractivity contribution in [3.8, 4) is 0 Å². The van der Waals surface area contributed by atoms with E-state index in [9.17, 15) is 27.6 Å². The van der Waals surface area contributed by atoms with Gasteiger partial charge in [-0.1, -0.05) is 18.2 Å². The highest BCUT2D eigenvalue weighted by Gasteiger charge is 2.44. The fourth-order valence-corrected chi connectivity index (χ4v) is 6.48. The smallest absolute Gasteiger partial charge is 0.271 e. The molecule has 1 aliphatic carbocycles. The average Bonchev–Trinajstić information content (AvgIpc) is 3.29. The van der Waals surface area contributed by atoms with Gasteiger partial charge in [-0.3, -0.25) is 28.8 Å². The number of benzene rings is 2. The Morgan fingerprint density at radius 1 is 0.938 bits per heavy atom. The number of sulfonamides is 1. The van der Waals surface area contributed by atoms with Gasteiger partial charge in [0, 0.05) is 16.8 Å². The summed E-state index contributed by atoms with van der Waals surface area (Å²) in [6.45, 7) is 0. The molecular weight excluding hydrogens is 452 g/mol. The number of hydrogen-bond donors (Lipinski definition) is 1. The Hall–Kier alpha value is -3.37. The second-order valence-electron chi connectivity index (χ2n) is 7.69. The minimum atomic E-state index is -3.91. The zero-order valence-electron chi connectivity index (χ0n) is 16.5. The molecular formula is C22H16N2O6S2. The SMILES string of the molecule is O=C1CCC(N2C(=O)c3ccc(NS(=O)(=O)c4cc5ccccc5s4)cc3C2=O)C(=O)C1. The largest absolute Gasteiger partial charge is 0.299 e. The normalized spacial score (nSPS) is 19.0. The number of hydrogen-bond acceptors (Lipinski definition) is 7. The van der Waals surface area contributed by atoms with E-state index in [-0.39, 0.29) is 46.1 Å². The van der Waals surface area contributed by atoms with Gasteiger partial charge in [0.2, 0.25) is 0 Å². The molecule has 1 aliphatic heterocycles. The molecule has 0 saturated heterocycles. The van der Waals surface area contributed by atoms with Crippen LogP contribution in [0.2, 0.25) is 0 Å². The van der Waals surface area contributed by atoms with E-state index in [4.69, 9.17) is 0 Å². The molecule has 2 aromatic carbocycles. The highest BCUT2D eigenvalue weighted by atomic mass is 32.2. The Bertz CT molecular complexity index is 1410. The number of carbonyl (C=O) groups excluding carboxylic acids is 4. The third-order valence-corrected chi connectivity index (χ3v) is 8.56. The van der Waals surface area contributed by atoms with Crippen LogP contribution in [-0.4, -0.2) is 42.7 Å². The van der Waals surface area contributed by atoms with Crippen molar-refractivity contribution in [1.82, 2.24) is 4.90 Å². The summed E-state index contributed by atoms with van der Waals surface area (Å²) in [5, 5.41) is 0.805. The molecule has 1 unspecified atom stereocenters. The van der Waals surface area contributed by atoms with Crippen molar-refractivity contribution in [2.45, 2.75) is 29.5 Å². The van der Waals surface area contributed by atoms with E-state index in [0.29, 0.717) is 0 Å². The Labute approximate surface area is 186 Å². The zero-order chi connectivity index (χ0) is 22.6. The number of Topliss-reactive ketones (excluding diaryl/α,β-unsaturated/α-hetero) is 2. The second kappa shape index (κ2) is 7.35. The fourth-order valence-electron chi connectivity index (χ4n) is 4.03. The van der Waals surface area contributed by atoms with Crippen molar-refractivity contribution in [3.05, 3.63) is 59.7 Å². The summed E-state index contributed by atoms with van der Waals surface area (Å²) in [4.78, 5) is 50.4. The van der Waals surface area contributed by atoms with E-state index < -0.39 is 33.7 Å². The van der Waals surface area contributed by atoms with Crippen LogP contribution in [0.4, 0.5) is 5.69 Å². The van der Waals surface area contributed by atoms with Crippen LogP contribution in [0.5, 0.6) is 0 Å². The summed E-state index contributed by atoms with van der Waals surface area (Å²) >= 11 is 1.12. The number of nitrogens with zero attached hydrogens (tertiary/aromatic N) is 1. The maximum Gasteiger partial charge on any atom is 0.271 e. The number of imide groups is 1. The van der Waals surface area contributed by atoms with Crippen molar-refractivity contribution in [2.75, 3.05) is 4.72 Å². The lowest BCUT2D eigenvalue weighted by Gasteiger charge is -2.27. The summed E-state index contributed by atoms with van der Waals surface area (Å²) in [7, 11) is -3.91. The topological polar surface area (TPSA) is 118 Å². The first kappa shape index (κ1) is 20.5. The minimum absolute atomic E-state index is 0.0243. The van der Waals surface area contributed by atoms with Gasteiger partial charge >= 0.3 is 0 Å². The van der Waals surface area contributed by atoms with Crippen molar-refractivity contribution >= 4 is 60.5 Å². The van der Waals surface area contributed by atoms with E-state index in [1.807, 2.05) is 24.3 Å². The quantitative estimate of drug-likeness (QED) is 0.465. The third-order valence-electron chi connectivity index (χ3n) is 5.59. The van der Waals surface area contributed by atoms with Crippen molar-refractivity contribution in [3.63, 3.8) is 0 Å². The Morgan fingerprint density at radius 3 is 2.44 bits per heavy atom. The number of amides is 2.